The van der Waals surface area contributed by atoms with Gasteiger partial charge in [0.2, 0.25) is 0 Å². The summed E-state index contributed by atoms with van der Waals surface area (Å²) in [4.78, 5) is 32.1. The molecule has 7 rings (SSSR count). The molecule has 3 heterocycles. The molecule has 14 heteroatoms. The smallest absolute Gasteiger partial charge is 0.320 e. The number of benzene rings is 4. The number of aromatic nitrogens is 1. The van der Waals surface area contributed by atoms with Crippen molar-refractivity contribution in [1.29, 1.82) is 5.26 Å². The number of hydrogen-bond acceptors (Lipinski definition) is 10. The summed E-state index contributed by atoms with van der Waals surface area (Å²) in [5.41, 5.74) is 8.75. The number of piperidine rings is 2. The summed E-state index contributed by atoms with van der Waals surface area (Å²) in [6.45, 7) is 6.80. The number of rotatable bonds is 17. The number of nitriles is 1. The van der Waals surface area contributed by atoms with Crippen LogP contribution in [0.2, 0.25) is 10.0 Å². The molecule has 1 aromatic heterocycles. The molecule has 0 aliphatic carbocycles. The Bertz CT molecular complexity index is 2540. The molecule has 2 saturated heterocycles. The number of hydrogen-bond donors (Lipinski definition) is 2. The summed E-state index contributed by atoms with van der Waals surface area (Å²) in [6, 6.07) is 22.0. The number of pyridine rings is 1. The van der Waals surface area contributed by atoms with Gasteiger partial charge in [-0.25, -0.2) is 0 Å². The van der Waals surface area contributed by atoms with Crippen LogP contribution in [0.25, 0.3) is 11.1 Å². The van der Waals surface area contributed by atoms with Gasteiger partial charge in [0, 0.05) is 54.3 Å². The van der Waals surface area contributed by atoms with Gasteiger partial charge in [-0.15, -0.1) is 0 Å². The zero-order valence-electron chi connectivity index (χ0n) is 36.2. The third-order valence-corrected chi connectivity index (χ3v) is 12.9. The fourth-order valence-electron chi connectivity index (χ4n) is 8.66. The van der Waals surface area contributed by atoms with E-state index in [-0.39, 0.29) is 19.8 Å². The number of methoxy groups -OCH3 is 1. The lowest BCUT2D eigenvalue weighted by Crippen LogP contribution is -2.44. The van der Waals surface area contributed by atoms with Crippen molar-refractivity contribution < 1.29 is 38.7 Å². The Kier molecular flexibility index (Phi) is 15.3. The Morgan fingerprint density at radius 3 is 1.69 bits per heavy atom. The molecular formula is C50H52Cl2N4O8. The second-order valence-corrected chi connectivity index (χ2v) is 17.2. The van der Waals surface area contributed by atoms with E-state index in [1.807, 2.05) is 34.1 Å². The van der Waals surface area contributed by atoms with E-state index in [2.05, 4.69) is 37.0 Å². The topological polar surface area (TPSA) is 155 Å². The van der Waals surface area contributed by atoms with Crippen molar-refractivity contribution >= 4 is 35.1 Å². The molecule has 2 atom stereocenters. The minimum absolute atomic E-state index is 0.131. The highest BCUT2D eigenvalue weighted by Gasteiger charge is 2.31. The van der Waals surface area contributed by atoms with E-state index in [0.717, 1.165) is 70.2 Å². The lowest BCUT2D eigenvalue weighted by atomic mass is 9.92. The lowest BCUT2D eigenvalue weighted by molar-refractivity contribution is -0.145. The van der Waals surface area contributed by atoms with Crippen LogP contribution in [0.15, 0.2) is 79.1 Å². The molecule has 5 aromatic rings. The first-order chi connectivity index (χ1) is 30.9. The molecule has 2 fully saturated rings. The molecule has 0 spiro atoms. The van der Waals surface area contributed by atoms with Crippen LogP contribution in [-0.2, 0) is 42.5 Å². The van der Waals surface area contributed by atoms with Crippen molar-refractivity contribution in [1.82, 2.24) is 14.8 Å². The molecule has 334 valence electrons. The van der Waals surface area contributed by atoms with Gasteiger partial charge in [0.05, 0.1) is 22.7 Å². The van der Waals surface area contributed by atoms with Crippen LogP contribution in [0.3, 0.4) is 0 Å². The van der Waals surface area contributed by atoms with Crippen LogP contribution >= 0.6 is 23.2 Å². The predicted octanol–water partition coefficient (Wildman–Crippen LogP) is 10.2. The number of likely N-dealkylation sites (tertiary alicyclic amines) is 2. The third-order valence-electron chi connectivity index (χ3n) is 12.3. The Morgan fingerprint density at radius 2 is 1.19 bits per heavy atom. The lowest BCUT2D eigenvalue weighted by Gasteiger charge is -2.33. The van der Waals surface area contributed by atoms with Gasteiger partial charge in [-0.2, -0.15) is 5.26 Å². The van der Waals surface area contributed by atoms with Gasteiger partial charge < -0.3 is 29.2 Å². The van der Waals surface area contributed by atoms with Crippen LogP contribution in [0, 0.1) is 25.2 Å². The van der Waals surface area contributed by atoms with Crippen molar-refractivity contribution in [2.24, 2.45) is 0 Å². The van der Waals surface area contributed by atoms with Gasteiger partial charge in [0.1, 0.15) is 61.0 Å². The normalized spacial score (nSPS) is 16.8. The molecular weight excluding hydrogens is 855 g/mol. The van der Waals surface area contributed by atoms with Gasteiger partial charge in [-0.1, -0.05) is 72.4 Å². The summed E-state index contributed by atoms with van der Waals surface area (Å²) < 4.78 is 24.8. The van der Waals surface area contributed by atoms with Crippen molar-refractivity contribution in [2.45, 2.75) is 97.4 Å². The van der Waals surface area contributed by atoms with E-state index in [4.69, 9.17) is 42.1 Å². The van der Waals surface area contributed by atoms with Gasteiger partial charge in [0.15, 0.2) is 0 Å². The van der Waals surface area contributed by atoms with E-state index in [0.29, 0.717) is 83.2 Å². The van der Waals surface area contributed by atoms with Gasteiger partial charge in [0.25, 0.3) is 0 Å². The van der Waals surface area contributed by atoms with E-state index in [1.54, 1.807) is 43.6 Å². The van der Waals surface area contributed by atoms with Gasteiger partial charge in [-0.3, -0.25) is 24.4 Å². The van der Waals surface area contributed by atoms with E-state index < -0.39 is 24.0 Å². The molecule has 4 aromatic carbocycles. The van der Waals surface area contributed by atoms with Crippen molar-refractivity contribution in [3.05, 3.63) is 134 Å². The standard InChI is InChI=1S/C50H52Cl2N4O8/c1-31-35(29-63-47-21-45(61-3)37(19-41(47)51)26-55-16-6-4-14-43(55)49(57)58)10-8-12-39(31)40-13-9-11-36(32(40)2)30-64-48-22-46(62-28-34-18-33(23-53)24-54-25-34)38(20-42(48)52)27-56-17-7-5-15-44(56)50(59)60/h8-13,18-22,24-25,43-44H,4-7,14-17,26-30H2,1-3H3,(H,57,58)(H,59,60)/t43-,44-/m0/s1. The van der Waals surface area contributed by atoms with E-state index >= 15 is 0 Å². The molecule has 2 aliphatic rings. The quantitative estimate of drug-likeness (QED) is 0.0913. The fraction of sp³-hybridized carbons (Fsp3) is 0.360. The molecule has 2 N–H and O–H groups in total. The van der Waals surface area contributed by atoms with Crippen molar-refractivity contribution in [3.63, 3.8) is 0 Å². The van der Waals surface area contributed by atoms with Crippen LogP contribution < -0.4 is 18.9 Å². The van der Waals surface area contributed by atoms with Crippen LogP contribution in [0.1, 0.15) is 83.0 Å². The number of carbonyl (C=O) groups is 2. The summed E-state index contributed by atoms with van der Waals surface area (Å²) >= 11 is 13.7. The van der Waals surface area contributed by atoms with Crippen molar-refractivity contribution in [3.8, 4) is 40.2 Å². The maximum atomic E-state index is 12.1. The number of nitrogens with zero attached hydrogens (tertiary/aromatic N) is 4. The number of carboxylic acid groups (broad SMARTS) is 2. The largest absolute Gasteiger partial charge is 0.496 e. The van der Waals surface area contributed by atoms with Gasteiger partial charge >= 0.3 is 11.9 Å². The molecule has 0 saturated carbocycles. The highest BCUT2D eigenvalue weighted by atomic mass is 35.5. The summed E-state index contributed by atoms with van der Waals surface area (Å²) in [6.07, 6.45) is 7.90. The SMILES string of the molecule is COc1cc(OCc2cccc(-c3cccc(COc4cc(OCc5cncc(C#N)c5)c(CN5CCCC[C@H]5C(=O)O)cc4Cl)c3C)c2C)c(Cl)cc1CN1CCCC[C@H]1C(=O)O. The van der Waals surface area contributed by atoms with Gasteiger partial charge in [-0.05, 0) is 104 Å². The number of aliphatic carboxylic acids is 2. The fourth-order valence-corrected chi connectivity index (χ4v) is 9.15. The Morgan fingerprint density at radius 1 is 0.688 bits per heavy atom. The maximum absolute atomic E-state index is 12.1. The van der Waals surface area contributed by atoms with Crippen LogP contribution in [0.4, 0.5) is 0 Å². The zero-order chi connectivity index (χ0) is 45.3. The monoisotopic (exact) mass is 906 g/mol. The summed E-state index contributed by atoms with van der Waals surface area (Å²) in [7, 11) is 1.58. The number of carboxylic acids is 2. The molecule has 12 nitrogen and oxygen atoms in total. The molecule has 64 heavy (non-hydrogen) atoms. The van der Waals surface area contributed by atoms with Crippen molar-refractivity contribution in [2.75, 3.05) is 20.2 Å². The Hall–Kier alpha value is -5.84. The first-order valence-corrected chi connectivity index (χ1v) is 22.2. The Labute approximate surface area is 383 Å². The number of ether oxygens (including phenoxy) is 4. The average Bonchev–Trinajstić information content (AvgIpc) is 3.29. The number of halogens is 2. The second kappa shape index (κ2) is 21.2. The van der Waals surface area contributed by atoms with Crippen LogP contribution in [0.5, 0.6) is 23.0 Å². The third kappa shape index (κ3) is 10.9. The minimum Gasteiger partial charge on any atom is -0.496 e. The predicted molar refractivity (Wildman–Crippen MR) is 244 cm³/mol. The first kappa shape index (κ1) is 46.2. The Balaban J connectivity index is 1.08. The molecule has 0 amide bonds. The minimum atomic E-state index is -0.851. The highest BCUT2D eigenvalue weighted by Crippen LogP contribution is 2.38. The molecule has 0 radical (unpaired) electrons. The maximum Gasteiger partial charge on any atom is 0.320 e. The molecule has 2 aliphatic heterocycles. The highest BCUT2D eigenvalue weighted by molar-refractivity contribution is 6.32. The zero-order valence-corrected chi connectivity index (χ0v) is 37.8. The second-order valence-electron chi connectivity index (χ2n) is 16.4. The van der Waals surface area contributed by atoms with Crippen LogP contribution in [-0.4, -0.2) is 69.2 Å². The summed E-state index contributed by atoms with van der Waals surface area (Å²) in [5.74, 6) is 0.300. The first-order valence-electron chi connectivity index (χ1n) is 21.5. The molecule has 0 unspecified atom stereocenters. The summed E-state index contributed by atoms with van der Waals surface area (Å²) in [5, 5.41) is 29.9. The molecule has 0 bridgehead atoms. The average molecular weight is 908 g/mol. The van der Waals surface area contributed by atoms with E-state index in [1.165, 1.54) is 6.20 Å². The van der Waals surface area contributed by atoms with E-state index in [9.17, 15) is 25.1 Å².